The lowest BCUT2D eigenvalue weighted by molar-refractivity contribution is 0.0290. The van der Waals surface area contributed by atoms with E-state index in [1.807, 2.05) is 18.7 Å². The van der Waals surface area contributed by atoms with Crippen molar-refractivity contribution >= 4 is 11.9 Å². The zero-order valence-corrected chi connectivity index (χ0v) is 16.5. The van der Waals surface area contributed by atoms with Crippen LogP contribution in [0.15, 0.2) is 28.8 Å². The molecule has 1 saturated heterocycles. The Morgan fingerprint density at radius 3 is 2.67 bits per heavy atom. The highest BCUT2D eigenvalue weighted by Gasteiger charge is 2.46. The van der Waals surface area contributed by atoms with Gasteiger partial charge >= 0.3 is 6.03 Å². The minimum absolute atomic E-state index is 0.0735. The average Bonchev–Trinajstić information content (AvgIpc) is 2.98. The molecule has 0 bridgehead atoms. The van der Waals surface area contributed by atoms with E-state index in [9.17, 15) is 4.79 Å². The van der Waals surface area contributed by atoms with Gasteiger partial charge in [0.05, 0.1) is 5.69 Å². The topological polar surface area (TPSA) is 58.4 Å². The van der Waals surface area contributed by atoms with Crippen molar-refractivity contribution in [2.75, 3.05) is 18.4 Å². The molecule has 2 aromatic rings. The van der Waals surface area contributed by atoms with Crippen molar-refractivity contribution in [3.8, 4) is 0 Å². The van der Waals surface area contributed by atoms with Crippen molar-refractivity contribution in [2.24, 2.45) is 5.41 Å². The molecule has 0 unspecified atom stereocenters. The second-order valence-corrected chi connectivity index (χ2v) is 8.34. The Bertz CT molecular complexity index is 826. The van der Waals surface area contributed by atoms with Gasteiger partial charge in [-0.1, -0.05) is 36.3 Å². The summed E-state index contributed by atoms with van der Waals surface area (Å²) < 4.78 is 5.20. The molecule has 0 atom stereocenters. The number of aryl methyl sites for hydroxylation is 2. The van der Waals surface area contributed by atoms with Crippen molar-refractivity contribution in [3.63, 3.8) is 0 Å². The maximum atomic E-state index is 12.5. The van der Waals surface area contributed by atoms with Crippen molar-refractivity contribution < 1.29 is 9.32 Å². The van der Waals surface area contributed by atoms with Gasteiger partial charge in [-0.2, -0.15) is 0 Å². The van der Waals surface area contributed by atoms with Crippen LogP contribution in [-0.2, 0) is 6.42 Å². The normalized spacial score (nSPS) is 19.1. The minimum Gasteiger partial charge on any atom is -0.338 e. The lowest BCUT2D eigenvalue weighted by atomic mass is 9.56. The fourth-order valence-corrected chi connectivity index (χ4v) is 4.59. The van der Waals surface area contributed by atoms with Crippen LogP contribution in [0.2, 0.25) is 0 Å². The zero-order valence-electron chi connectivity index (χ0n) is 16.5. The number of amides is 2. The Morgan fingerprint density at radius 1 is 1.30 bits per heavy atom. The average molecular weight is 367 g/mol. The van der Waals surface area contributed by atoms with Gasteiger partial charge in [0.25, 0.3) is 0 Å². The molecule has 2 aliphatic rings. The fraction of sp³-hybridized carbons (Fsp3) is 0.545. The highest BCUT2D eigenvalue weighted by atomic mass is 16.5. The summed E-state index contributed by atoms with van der Waals surface area (Å²) >= 11 is 0. The highest BCUT2D eigenvalue weighted by Crippen LogP contribution is 2.56. The van der Waals surface area contributed by atoms with Gasteiger partial charge in [0.15, 0.2) is 0 Å². The van der Waals surface area contributed by atoms with Gasteiger partial charge in [0.1, 0.15) is 0 Å². The predicted octanol–water partition coefficient (Wildman–Crippen LogP) is 5.05. The standard InChI is InChI=1S/C22H29N3O2/c1-4-17-6-5-7-18(12-17)19-13-22(14-19)8-10-25(11-9-22)21(26)23-20-15(2)16(3)24-27-20/h5-7,12,19H,4,8-11,13-14H2,1-3H3,(H,23,26). The molecule has 5 heteroatoms. The fourth-order valence-electron chi connectivity index (χ4n) is 4.59. The third-order valence-corrected chi connectivity index (χ3v) is 6.68. The number of hydrogen-bond acceptors (Lipinski definition) is 3. The molecule has 2 amide bonds. The van der Waals surface area contributed by atoms with Crippen molar-refractivity contribution in [1.82, 2.24) is 10.1 Å². The number of carbonyl (C=O) groups is 1. The molecule has 1 saturated carbocycles. The summed E-state index contributed by atoms with van der Waals surface area (Å²) in [6.07, 6.45) is 5.81. The summed E-state index contributed by atoms with van der Waals surface area (Å²) in [5.41, 5.74) is 5.07. The minimum atomic E-state index is -0.0735. The molecule has 144 valence electrons. The number of hydrogen-bond donors (Lipinski definition) is 1. The Labute approximate surface area is 161 Å². The first-order chi connectivity index (χ1) is 13.0. The first-order valence-corrected chi connectivity index (χ1v) is 10.1. The Morgan fingerprint density at radius 2 is 2.04 bits per heavy atom. The molecule has 4 rings (SSSR count). The summed E-state index contributed by atoms with van der Waals surface area (Å²) in [5.74, 6) is 1.16. The van der Waals surface area contributed by atoms with Gasteiger partial charge < -0.3 is 9.42 Å². The lowest BCUT2D eigenvalue weighted by Gasteiger charge is -2.52. The van der Waals surface area contributed by atoms with E-state index in [1.165, 1.54) is 24.0 Å². The third-order valence-electron chi connectivity index (χ3n) is 6.68. The van der Waals surface area contributed by atoms with Crippen LogP contribution in [0.4, 0.5) is 10.7 Å². The molecule has 27 heavy (non-hydrogen) atoms. The smallest absolute Gasteiger partial charge is 0.324 e. The molecule has 1 aliphatic carbocycles. The van der Waals surface area contributed by atoms with Crippen LogP contribution in [0.25, 0.3) is 0 Å². The second-order valence-electron chi connectivity index (χ2n) is 8.34. The van der Waals surface area contributed by atoms with Crippen molar-refractivity contribution in [2.45, 2.75) is 58.8 Å². The van der Waals surface area contributed by atoms with E-state index < -0.39 is 0 Å². The van der Waals surface area contributed by atoms with Crippen LogP contribution in [0, 0.1) is 19.3 Å². The molecule has 1 aliphatic heterocycles. The van der Waals surface area contributed by atoms with Gasteiger partial charge in [-0.3, -0.25) is 5.32 Å². The molecule has 0 radical (unpaired) electrons. The number of rotatable bonds is 3. The van der Waals surface area contributed by atoms with Crippen LogP contribution in [-0.4, -0.2) is 29.2 Å². The van der Waals surface area contributed by atoms with Crippen LogP contribution >= 0.6 is 0 Å². The van der Waals surface area contributed by atoms with E-state index in [1.54, 1.807) is 0 Å². The number of urea groups is 1. The van der Waals surface area contributed by atoms with Gasteiger partial charge in [-0.05, 0) is 68.4 Å². The molecule has 1 aromatic carbocycles. The van der Waals surface area contributed by atoms with Crippen LogP contribution in [0.1, 0.15) is 60.9 Å². The summed E-state index contributed by atoms with van der Waals surface area (Å²) in [6, 6.07) is 8.99. The number of carbonyl (C=O) groups excluding carboxylic acids is 1. The SMILES string of the molecule is CCc1cccc(C2CC3(CCN(C(=O)Nc4onc(C)c4C)CC3)C2)c1. The molecule has 2 heterocycles. The second kappa shape index (κ2) is 7.02. The van der Waals surface area contributed by atoms with Crippen molar-refractivity contribution in [3.05, 3.63) is 46.6 Å². The maximum absolute atomic E-state index is 12.5. The Balaban J connectivity index is 1.30. The van der Waals surface area contributed by atoms with E-state index in [2.05, 4.69) is 41.7 Å². The molecular formula is C22H29N3O2. The Kier molecular flexibility index (Phi) is 4.70. The summed E-state index contributed by atoms with van der Waals surface area (Å²) in [4.78, 5) is 14.4. The first kappa shape index (κ1) is 18.1. The number of nitrogens with one attached hydrogen (secondary N) is 1. The van der Waals surface area contributed by atoms with E-state index >= 15 is 0 Å². The van der Waals surface area contributed by atoms with Crippen LogP contribution < -0.4 is 5.32 Å². The molecular weight excluding hydrogens is 338 g/mol. The number of likely N-dealkylation sites (tertiary alicyclic amines) is 1. The largest absolute Gasteiger partial charge is 0.338 e. The van der Waals surface area contributed by atoms with E-state index in [0.717, 1.165) is 43.6 Å². The first-order valence-electron chi connectivity index (χ1n) is 10.1. The van der Waals surface area contributed by atoms with Crippen LogP contribution in [0.5, 0.6) is 0 Å². The number of aromatic nitrogens is 1. The monoisotopic (exact) mass is 367 g/mol. The van der Waals surface area contributed by atoms with Gasteiger partial charge in [-0.25, -0.2) is 4.79 Å². The predicted molar refractivity (Wildman–Crippen MR) is 106 cm³/mol. The summed E-state index contributed by atoms with van der Waals surface area (Å²) in [6.45, 7) is 7.64. The van der Waals surface area contributed by atoms with Gasteiger partial charge in [0.2, 0.25) is 5.88 Å². The summed E-state index contributed by atoms with van der Waals surface area (Å²) in [5, 5.41) is 6.77. The summed E-state index contributed by atoms with van der Waals surface area (Å²) in [7, 11) is 0. The zero-order chi connectivity index (χ0) is 19.0. The number of nitrogens with zero attached hydrogens (tertiary/aromatic N) is 2. The number of piperidine rings is 1. The highest BCUT2D eigenvalue weighted by molar-refractivity contribution is 5.88. The van der Waals surface area contributed by atoms with E-state index in [-0.39, 0.29) is 6.03 Å². The molecule has 1 N–H and O–H groups in total. The molecule has 5 nitrogen and oxygen atoms in total. The van der Waals surface area contributed by atoms with Crippen molar-refractivity contribution in [1.29, 1.82) is 0 Å². The number of benzene rings is 1. The maximum Gasteiger partial charge on any atom is 0.324 e. The van der Waals surface area contributed by atoms with Gasteiger partial charge in [0, 0.05) is 18.7 Å². The molecule has 1 aromatic heterocycles. The molecule has 2 fully saturated rings. The molecule has 1 spiro atoms. The third kappa shape index (κ3) is 3.47. The Hall–Kier alpha value is -2.30. The number of anilines is 1. The van der Waals surface area contributed by atoms with E-state index in [4.69, 9.17) is 4.52 Å². The van der Waals surface area contributed by atoms with Crippen LogP contribution in [0.3, 0.4) is 0 Å². The quantitative estimate of drug-likeness (QED) is 0.826. The van der Waals surface area contributed by atoms with Gasteiger partial charge in [-0.15, -0.1) is 0 Å². The lowest BCUT2D eigenvalue weighted by Crippen LogP contribution is -2.49. The van der Waals surface area contributed by atoms with E-state index in [0.29, 0.717) is 17.2 Å².